The fourth-order valence-electron chi connectivity index (χ4n) is 2.35. The van der Waals surface area contributed by atoms with Crippen LogP contribution in [0.5, 0.6) is 5.75 Å². The molecule has 2 amide bonds. The van der Waals surface area contributed by atoms with Crippen molar-refractivity contribution in [3.05, 3.63) is 63.3 Å². The van der Waals surface area contributed by atoms with Crippen molar-refractivity contribution in [1.82, 2.24) is 15.6 Å². The lowest BCUT2D eigenvalue weighted by Crippen LogP contribution is -2.37. The Morgan fingerprint density at radius 1 is 1.24 bits per heavy atom. The highest BCUT2D eigenvalue weighted by Crippen LogP contribution is 2.15. The maximum absolute atomic E-state index is 13.3. The Bertz CT molecular complexity index is 789. The summed E-state index contributed by atoms with van der Waals surface area (Å²) in [7, 11) is 0. The number of H-pyrrole nitrogens is 1. The van der Waals surface area contributed by atoms with Gasteiger partial charge in [0.15, 0.2) is 11.6 Å². The fraction of sp³-hybridized carbons (Fsp3) is 0.333. The average Bonchev–Trinajstić information content (AvgIpc) is 2.55. The SMILES string of the molecule is Cc1cc(C)c(CNC(=O)NCCCOc2ccccc2F)c(=O)[nH]1. The number of hydrogen-bond acceptors (Lipinski definition) is 3. The monoisotopic (exact) mass is 347 g/mol. The molecule has 0 aliphatic heterocycles. The Hall–Kier alpha value is -2.83. The number of carbonyl (C=O) groups is 1. The highest BCUT2D eigenvalue weighted by atomic mass is 19.1. The van der Waals surface area contributed by atoms with Gasteiger partial charge in [-0.05, 0) is 44.0 Å². The maximum atomic E-state index is 13.3. The highest BCUT2D eigenvalue weighted by molar-refractivity contribution is 5.73. The van der Waals surface area contributed by atoms with Crippen LogP contribution in [0, 0.1) is 19.7 Å². The van der Waals surface area contributed by atoms with Crippen LogP contribution in [-0.4, -0.2) is 24.2 Å². The summed E-state index contributed by atoms with van der Waals surface area (Å²) in [6, 6.07) is 7.65. The van der Waals surface area contributed by atoms with Crippen molar-refractivity contribution in [2.24, 2.45) is 0 Å². The summed E-state index contributed by atoms with van der Waals surface area (Å²) in [6.45, 7) is 4.46. The molecule has 1 aromatic heterocycles. The van der Waals surface area contributed by atoms with Gasteiger partial charge in [-0.2, -0.15) is 0 Å². The zero-order chi connectivity index (χ0) is 18.2. The first-order valence-corrected chi connectivity index (χ1v) is 8.06. The molecule has 0 aliphatic carbocycles. The summed E-state index contributed by atoms with van der Waals surface area (Å²) in [5.74, 6) is -0.215. The Kier molecular flexibility index (Phi) is 6.56. The molecule has 1 aromatic carbocycles. The molecule has 2 aromatic rings. The molecule has 0 fully saturated rings. The molecular formula is C18H22FN3O3. The molecule has 0 aliphatic rings. The molecule has 0 saturated heterocycles. The largest absolute Gasteiger partial charge is 0.490 e. The molecule has 0 saturated carbocycles. The Morgan fingerprint density at radius 3 is 2.72 bits per heavy atom. The third-order valence-electron chi connectivity index (χ3n) is 3.62. The van der Waals surface area contributed by atoms with E-state index >= 15 is 0 Å². The third kappa shape index (κ3) is 5.63. The van der Waals surface area contributed by atoms with Crippen molar-refractivity contribution in [2.75, 3.05) is 13.2 Å². The van der Waals surface area contributed by atoms with Gasteiger partial charge in [-0.3, -0.25) is 4.79 Å². The van der Waals surface area contributed by atoms with Gasteiger partial charge >= 0.3 is 6.03 Å². The van der Waals surface area contributed by atoms with Crippen LogP contribution >= 0.6 is 0 Å². The number of ether oxygens (including phenoxy) is 1. The van der Waals surface area contributed by atoms with Gasteiger partial charge in [0.05, 0.1) is 13.2 Å². The summed E-state index contributed by atoms with van der Waals surface area (Å²) in [6.07, 6.45) is 0.534. The molecule has 0 bridgehead atoms. The Balaban J connectivity index is 1.68. The maximum Gasteiger partial charge on any atom is 0.315 e. The van der Waals surface area contributed by atoms with Crippen LogP contribution in [0.3, 0.4) is 0 Å². The summed E-state index contributed by atoms with van der Waals surface area (Å²) in [5.41, 5.74) is 1.95. The topological polar surface area (TPSA) is 83.2 Å². The van der Waals surface area contributed by atoms with Gasteiger partial charge in [-0.15, -0.1) is 0 Å². The minimum Gasteiger partial charge on any atom is -0.490 e. The average molecular weight is 347 g/mol. The minimum atomic E-state index is -0.410. The number of aromatic amines is 1. The van der Waals surface area contributed by atoms with E-state index in [4.69, 9.17) is 4.74 Å². The Morgan fingerprint density at radius 2 is 2.00 bits per heavy atom. The van der Waals surface area contributed by atoms with Crippen LogP contribution in [0.25, 0.3) is 0 Å². The number of para-hydroxylation sites is 1. The summed E-state index contributed by atoms with van der Waals surface area (Å²) in [4.78, 5) is 26.3. The van der Waals surface area contributed by atoms with Gasteiger partial charge in [-0.25, -0.2) is 9.18 Å². The molecule has 0 spiro atoms. The van der Waals surface area contributed by atoms with Gasteiger partial charge in [0.2, 0.25) is 0 Å². The number of nitrogens with one attached hydrogen (secondary N) is 3. The van der Waals surface area contributed by atoms with Crippen LogP contribution in [0.15, 0.2) is 35.1 Å². The quantitative estimate of drug-likeness (QED) is 0.673. The zero-order valence-corrected chi connectivity index (χ0v) is 14.3. The number of hydrogen-bond donors (Lipinski definition) is 3. The van der Waals surface area contributed by atoms with Crippen LogP contribution < -0.4 is 20.9 Å². The molecule has 3 N–H and O–H groups in total. The van der Waals surface area contributed by atoms with E-state index in [1.807, 2.05) is 19.9 Å². The number of pyridine rings is 1. The van der Waals surface area contributed by atoms with Crippen LogP contribution in [0.1, 0.15) is 23.2 Å². The molecule has 6 nitrogen and oxygen atoms in total. The van der Waals surface area contributed by atoms with Crippen molar-refractivity contribution in [1.29, 1.82) is 0 Å². The molecule has 25 heavy (non-hydrogen) atoms. The van der Waals surface area contributed by atoms with Crippen LogP contribution in [-0.2, 0) is 6.54 Å². The van der Waals surface area contributed by atoms with Crippen molar-refractivity contribution in [3.63, 3.8) is 0 Å². The van der Waals surface area contributed by atoms with E-state index in [2.05, 4.69) is 15.6 Å². The molecule has 2 rings (SSSR count). The summed E-state index contributed by atoms with van der Waals surface area (Å²) in [5, 5.41) is 5.31. The predicted molar refractivity (Wildman–Crippen MR) is 93.3 cm³/mol. The van der Waals surface area contributed by atoms with E-state index in [-0.39, 0.29) is 30.5 Å². The molecule has 0 unspecified atom stereocenters. The Labute approximate surface area is 145 Å². The van der Waals surface area contributed by atoms with E-state index in [0.717, 1.165) is 11.3 Å². The standard InChI is InChI=1S/C18H22FN3O3/c1-12-10-13(2)22-17(23)14(12)11-21-18(24)20-8-5-9-25-16-7-4-3-6-15(16)19/h3-4,6-7,10H,5,8-9,11H2,1-2H3,(H,22,23)(H2,20,21,24). The lowest BCUT2D eigenvalue weighted by molar-refractivity contribution is 0.238. The van der Waals surface area contributed by atoms with Crippen molar-refractivity contribution >= 4 is 6.03 Å². The second kappa shape index (κ2) is 8.86. The minimum absolute atomic E-state index is 0.152. The lowest BCUT2D eigenvalue weighted by atomic mass is 10.1. The molecule has 0 radical (unpaired) electrons. The molecule has 1 heterocycles. The number of carbonyl (C=O) groups excluding carboxylic acids is 1. The second-order valence-electron chi connectivity index (χ2n) is 5.68. The first-order valence-electron chi connectivity index (χ1n) is 8.06. The summed E-state index contributed by atoms with van der Waals surface area (Å²) >= 11 is 0. The number of rotatable bonds is 7. The number of urea groups is 1. The smallest absolute Gasteiger partial charge is 0.315 e. The van der Waals surface area contributed by atoms with E-state index in [1.54, 1.807) is 18.2 Å². The number of aromatic nitrogens is 1. The first-order chi connectivity index (χ1) is 12.0. The first kappa shape index (κ1) is 18.5. The third-order valence-corrected chi connectivity index (χ3v) is 3.62. The van der Waals surface area contributed by atoms with Crippen LogP contribution in [0.4, 0.5) is 9.18 Å². The van der Waals surface area contributed by atoms with Gasteiger partial charge in [0.1, 0.15) is 0 Å². The van der Waals surface area contributed by atoms with Crippen molar-refractivity contribution < 1.29 is 13.9 Å². The molecule has 7 heteroatoms. The lowest BCUT2D eigenvalue weighted by Gasteiger charge is -2.10. The number of amides is 2. The highest BCUT2D eigenvalue weighted by Gasteiger charge is 2.07. The van der Waals surface area contributed by atoms with Crippen molar-refractivity contribution in [3.8, 4) is 5.75 Å². The van der Waals surface area contributed by atoms with E-state index in [9.17, 15) is 14.0 Å². The van der Waals surface area contributed by atoms with Gasteiger partial charge in [0.25, 0.3) is 5.56 Å². The predicted octanol–water partition coefficient (Wildman–Crippen LogP) is 2.40. The van der Waals surface area contributed by atoms with E-state index < -0.39 is 5.82 Å². The fourth-order valence-corrected chi connectivity index (χ4v) is 2.35. The molecule has 134 valence electrons. The molecule has 0 atom stereocenters. The number of aryl methyl sites for hydroxylation is 2. The normalized spacial score (nSPS) is 10.4. The van der Waals surface area contributed by atoms with Crippen molar-refractivity contribution in [2.45, 2.75) is 26.8 Å². The van der Waals surface area contributed by atoms with Gasteiger partial charge in [-0.1, -0.05) is 12.1 Å². The number of halogens is 1. The van der Waals surface area contributed by atoms with Gasteiger partial charge in [0, 0.05) is 17.8 Å². The zero-order valence-electron chi connectivity index (χ0n) is 14.3. The van der Waals surface area contributed by atoms with E-state index in [0.29, 0.717) is 18.5 Å². The summed E-state index contributed by atoms with van der Waals surface area (Å²) < 4.78 is 18.6. The van der Waals surface area contributed by atoms with Crippen LogP contribution in [0.2, 0.25) is 0 Å². The van der Waals surface area contributed by atoms with E-state index in [1.165, 1.54) is 6.07 Å². The van der Waals surface area contributed by atoms with Gasteiger partial charge < -0.3 is 20.4 Å². The second-order valence-corrected chi connectivity index (χ2v) is 5.68. The molecular weight excluding hydrogens is 325 g/mol. The number of benzene rings is 1.